The highest BCUT2D eigenvalue weighted by molar-refractivity contribution is 9.11. The second kappa shape index (κ2) is 3.64. The van der Waals surface area contributed by atoms with E-state index in [0.717, 1.165) is 6.54 Å². The van der Waals surface area contributed by atoms with Crippen LogP contribution in [-0.4, -0.2) is 9.78 Å². The number of thiophene rings is 1. The highest BCUT2D eigenvalue weighted by atomic mass is 79.9. The van der Waals surface area contributed by atoms with E-state index in [9.17, 15) is 0 Å². The molecule has 0 bridgehead atoms. The van der Waals surface area contributed by atoms with E-state index in [1.807, 2.05) is 24.0 Å². The summed E-state index contributed by atoms with van der Waals surface area (Å²) in [7, 11) is 0. The molecule has 0 unspecified atom stereocenters. The first kappa shape index (κ1) is 8.97. The summed E-state index contributed by atoms with van der Waals surface area (Å²) < 4.78 is 3.12. The number of nitrogens with zero attached hydrogens (tertiary/aromatic N) is 2. The van der Waals surface area contributed by atoms with E-state index in [-0.39, 0.29) is 0 Å². The number of halogens is 1. The van der Waals surface area contributed by atoms with Crippen LogP contribution in [0.2, 0.25) is 0 Å². The Hall–Kier alpha value is -0.610. The summed E-state index contributed by atoms with van der Waals surface area (Å²) in [6.07, 6.45) is 3.93. The van der Waals surface area contributed by atoms with Gasteiger partial charge >= 0.3 is 0 Å². The minimum absolute atomic E-state index is 0.865. The topological polar surface area (TPSA) is 17.8 Å². The largest absolute Gasteiger partial charge is 0.267 e. The third-order valence-corrected chi connectivity index (χ3v) is 3.32. The lowest BCUT2D eigenvalue weighted by molar-refractivity contribution is 0.694. The first-order valence-corrected chi connectivity index (χ1v) is 5.58. The summed E-state index contributed by atoms with van der Waals surface area (Å²) in [5, 5.41) is 4.23. The van der Waals surface area contributed by atoms with Gasteiger partial charge in [0, 0.05) is 11.1 Å². The Morgan fingerprint density at radius 1 is 1.54 bits per heavy atom. The Morgan fingerprint density at radius 3 is 2.92 bits per heavy atom. The van der Waals surface area contributed by atoms with Gasteiger partial charge in [-0.1, -0.05) is 0 Å². The van der Waals surface area contributed by atoms with Crippen LogP contribution in [0.1, 0.15) is 10.4 Å². The summed E-state index contributed by atoms with van der Waals surface area (Å²) >= 11 is 5.19. The number of aryl methyl sites for hydroxylation is 1. The molecule has 2 aromatic heterocycles. The van der Waals surface area contributed by atoms with Crippen molar-refractivity contribution in [1.82, 2.24) is 9.78 Å². The van der Waals surface area contributed by atoms with Crippen molar-refractivity contribution in [2.24, 2.45) is 0 Å². The van der Waals surface area contributed by atoms with Gasteiger partial charge in [0.25, 0.3) is 0 Å². The number of rotatable bonds is 2. The summed E-state index contributed by atoms with van der Waals surface area (Å²) in [5.41, 5.74) is 1.20. The van der Waals surface area contributed by atoms with Gasteiger partial charge in [-0.2, -0.15) is 5.10 Å². The first-order chi connectivity index (χ1) is 6.24. The van der Waals surface area contributed by atoms with Crippen molar-refractivity contribution in [3.8, 4) is 0 Å². The predicted octanol–water partition coefficient (Wildman–Crippen LogP) is 3.06. The van der Waals surface area contributed by atoms with E-state index in [0.29, 0.717) is 0 Å². The van der Waals surface area contributed by atoms with Gasteiger partial charge in [0.2, 0.25) is 0 Å². The quantitative estimate of drug-likeness (QED) is 0.808. The molecule has 0 aliphatic heterocycles. The zero-order valence-electron chi connectivity index (χ0n) is 7.20. The molecule has 0 aliphatic carbocycles. The lowest BCUT2D eigenvalue weighted by Crippen LogP contribution is -1.97. The zero-order chi connectivity index (χ0) is 9.26. The van der Waals surface area contributed by atoms with Crippen LogP contribution in [0.3, 0.4) is 0 Å². The van der Waals surface area contributed by atoms with Crippen molar-refractivity contribution in [3.05, 3.63) is 38.8 Å². The SMILES string of the molecule is Cc1cnn(Cc2ccc(Br)s2)c1. The molecule has 0 saturated heterocycles. The Morgan fingerprint density at radius 2 is 2.38 bits per heavy atom. The fourth-order valence-electron chi connectivity index (χ4n) is 1.15. The van der Waals surface area contributed by atoms with Crippen molar-refractivity contribution < 1.29 is 0 Å². The maximum absolute atomic E-state index is 4.23. The van der Waals surface area contributed by atoms with Gasteiger partial charge in [0.05, 0.1) is 16.5 Å². The molecule has 0 saturated carbocycles. The van der Waals surface area contributed by atoms with Gasteiger partial charge in [-0.15, -0.1) is 11.3 Å². The Bertz CT molecular complexity index is 367. The maximum Gasteiger partial charge on any atom is 0.0752 e. The molecule has 0 spiro atoms. The van der Waals surface area contributed by atoms with E-state index in [2.05, 4.69) is 33.2 Å². The number of hydrogen-bond acceptors (Lipinski definition) is 2. The van der Waals surface area contributed by atoms with E-state index in [1.165, 1.54) is 14.2 Å². The molecule has 0 atom stereocenters. The summed E-state index contributed by atoms with van der Waals surface area (Å²) in [5.74, 6) is 0. The minimum Gasteiger partial charge on any atom is -0.267 e. The van der Waals surface area contributed by atoms with E-state index in [1.54, 1.807) is 11.3 Å². The molecule has 0 radical (unpaired) electrons. The molecular weight excluding hydrogens is 248 g/mol. The third kappa shape index (κ3) is 2.19. The van der Waals surface area contributed by atoms with Gasteiger partial charge in [-0.3, -0.25) is 4.68 Å². The van der Waals surface area contributed by atoms with Gasteiger partial charge in [0.15, 0.2) is 0 Å². The monoisotopic (exact) mass is 256 g/mol. The van der Waals surface area contributed by atoms with Crippen molar-refractivity contribution in [2.45, 2.75) is 13.5 Å². The molecule has 0 fully saturated rings. The molecule has 0 amide bonds. The van der Waals surface area contributed by atoms with Crippen LogP contribution in [0, 0.1) is 6.92 Å². The molecule has 2 aromatic rings. The van der Waals surface area contributed by atoms with Crippen LogP contribution < -0.4 is 0 Å². The van der Waals surface area contributed by atoms with Gasteiger partial charge in [-0.25, -0.2) is 0 Å². The molecule has 0 N–H and O–H groups in total. The van der Waals surface area contributed by atoms with E-state index < -0.39 is 0 Å². The molecule has 13 heavy (non-hydrogen) atoms. The van der Waals surface area contributed by atoms with Crippen LogP contribution in [0.15, 0.2) is 28.3 Å². The smallest absolute Gasteiger partial charge is 0.0752 e. The Balaban J connectivity index is 2.14. The summed E-state index contributed by atoms with van der Waals surface area (Å²) in [6.45, 7) is 2.91. The van der Waals surface area contributed by atoms with E-state index in [4.69, 9.17) is 0 Å². The molecule has 0 aliphatic rings. The second-order valence-corrected chi connectivity index (χ2v) is 5.47. The normalized spacial score (nSPS) is 10.6. The molecule has 4 heteroatoms. The molecule has 68 valence electrons. The van der Waals surface area contributed by atoms with Gasteiger partial charge in [-0.05, 0) is 40.5 Å². The van der Waals surface area contributed by atoms with Gasteiger partial charge < -0.3 is 0 Å². The molecule has 0 aromatic carbocycles. The standard InChI is InChI=1S/C9H9BrN2S/c1-7-4-11-12(5-7)6-8-2-3-9(10)13-8/h2-5H,6H2,1H3. The second-order valence-electron chi connectivity index (χ2n) is 2.92. The summed E-state index contributed by atoms with van der Waals surface area (Å²) in [6, 6.07) is 4.18. The molecular formula is C9H9BrN2S. The van der Waals surface area contributed by atoms with Crippen LogP contribution >= 0.6 is 27.3 Å². The average molecular weight is 257 g/mol. The maximum atomic E-state index is 4.23. The molecule has 2 heterocycles. The highest BCUT2D eigenvalue weighted by Gasteiger charge is 1.99. The van der Waals surface area contributed by atoms with Gasteiger partial charge in [0.1, 0.15) is 0 Å². The predicted molar refractivity (Wildman–Crippen MR) is 58.1 cm³/mol. The number of hydrogen-bond donors (Lipinski definition) is 0. The Kier molecular flexibility index (Phi) is 2.51. The average Bonchev–Trinajstić information content (AvgIpc) is 2.62. The first-order valence-electron chi connectivity index (χ1n) is 3.97. The molecule has 2 rings (SSSR count). The van der Waals surface area contributed by atoms with Crippen LogP contribution in [-0.2, 0) is 6.54 Å². The lowest BCUT2D eigenvalue weighted by Gasteiger charge is -1.96. The molecule has 2 nitrogen and oxygen atoms in total. The van der Waals surface area contributed by atoms with Crippen molar-refractivity contribution in [2.75, 3.05) is 0 Å². The fraction of sp³-hybridized carbons (Fsp3) is 0.222. The Labute approximate surface area is 89.3 Å². The van der Waals surface area contributed by atoms with Crippen LogP contribution in [0.4, 0.5) is 0 Å². The highest BCUT2D eigenvalue weighted by Crippen LogP contribution is 2.22. The van der Waals surface area contributed by atoms with Crippen LogP contribution in [0.5, 0.6) is 0 Å². The number of aromatic nitrogens is 2. The van der Waals surface area contributed by atoms with Crippen molar-refractivity contribution in [1.29, 1.82) is 0 Å². The summed E-state index contributed by atoms with van der Waals surface area (Å²) in [4.78, 5) is 1.31. The van der Waals surface area contributed by atoms with Crippen LogP contribution in [0.25, 0.3) is 0 Å². The van der Waals surface area contributed by atoms with E-state index >= 15 is 0 Å². The van der Waals surface area contributed by atoms with Crippen molar-refractivity contribution >= 4 is 27.3 Å². The van der Waals surface area contributed by atoms with Crippen molar-refractivity contribution in [3.63, 3.8) is 0 Å². The minimum atomic E-state index is 0.865. The lowest BCUT2D eigenvalue weighted by atomic mass is 10.4. The fourth-order valence-corrected chi connectivity index (χ4v) is 2.63. The zero-order valence-corrected chi connectivity index (χ0v) is 9.60. The third-order valence-electron chi connectivity index (χ3n) is 1.71.